The van der Waals surface area contributed by atoms with Crippen LogP contribution in [-0.2, 0) is 10.8 Å². The molecule has 2 spiro atoms. The van der Waals surface area contributed by atoms with Gasteiger partial charge in [0.05, 0.1) is 56.0 Å². The van der Waals surface area contributed by atoms with E-state index in [1.54, 1.807) is 0 Å². The summed E-state index contributed by atoms with van der Waals surface area (Å²) in [5.41, 5.74) is 35.2. The van der Waals surface area contributed by atoms with Gasteiger partial charge in [0.1, 0.15) is 0 Å². The van der Waals surface area contributed by atoms with Crippen LogP contribution in [0.1, 0.15) is 44.5 Å². The fourth-order valence-corrected chi connectivity index (χ4v) is 23.3. The van der Waals surface area contributed by atoms with Crippen molar-refractivity contribution in [3.05, 3.63) is 493 Å². The van der Waals surface area contributed by atoms with Crippen LogP contribution in [0.15, 0.2) is 468 Å². The van der Waals surface area contributed by atoms with Crippen molar-refractivity contribution in [2.45, 2.75) is 30.4 Å². The van der Waals surface area contributed by atoms with E-state index in [2.05, 4.69) is 406 Å². The van der Waals surface area contributed by atoms with Crippen molar-refractivity contribution < 1.29 is 0 Å². The Hall–Kier alpha value is -15.8. The lowest BCUT2D eigenvalue weighted by Crippen LogP contribution is -2.32. The van der Waals surface area contributed by atoms with Gasteiger partial charge in [0.25, 0.3) is 0 Å². The van der Waals surface area contributed by atoms with E-state index in [0.29, 0.717) is 11.6 Å². The first-order valence-corrected chi connectivity index (χ1v) is 45.2. The van der Waals surface area contributed by atoms with Crippen molar-refractivity contribution in [2.75, 3.05) is 0 Å². The zero-order chi connectivity index (χ0) is 84.4. The molecule has 0 N–H and O–H groups in total. The normalized spacial score (nSPS) is 13.1. The van der Waals surface area contributed by atoms with Crippen molar-refractivity contribution in [2.24, 2.45) is 0 Å². The van der Waals surface area contributed by atoms with Crippen LogP contribution < -0.4 is 0 Å². The first-order valence-electron chi connectivity index (χ1n) is 43.5. The highest BCUT2D eigenvalue weighted by molar-refractivity contribution is 8.00. The minimum Gasteiger partial charge on any atom is -0.247 e. The van der Waals surface area contributed by atoms with Crippen molar-refractivity contribution in [3.8, 4) is 135 Å². The Morgan fingerprint density at radius 1 is 0.172 bits per heavy atom. The molecule has 596 valence electrons. The lowest BCUT2D eigenvalue weighted by molar-refractivity contribution is 0.726. The molecule has 0 bridgehead atoms. The van der Waals surface area contributed by atoms with Gasteiger partial charge in [-0.05, 0) is 131 Å². The first kappa shape index (κ1) is 74.8. The topological polar surface area (TPSA) is 77.3 Å². The monoisotopic (exact) mass is 1660 g/mol. The lowest BCUT2D eigenvalue weighted by Gasteiger charge is -2.40. The number of para-hydroxylation sites is 2. The van der Waals surface area contributed by atoms with Gasteiger partial charge < -0.3 is 0 Å². The van der Waals surface area contributed by atoms with Crippen LogP contribution in [0.2, 0.25) is 0 Å². The predicted octanol–water partition coefficient (Wildman–Crippen LogP) is 30.7. The highest BCUT2D eigenvalue weighted by Gasteiger charge is 2.52. The molecular weight excluding hydrogens is 1590 g/mol. The number of hydrogen-bond acceptors (Lipinski definition) is 8. The molecule has 2 aliphatic carbocycles. The summed E-state index contributed by atoms with van der Waals surface area (Å²) in [4.78, 5) is 36.6. The number of hydrogen-bond donors (Lipinski definition) is 0. The molecule has 18 aromatic carbocycles. The molecule has 6 nitrogen and oxygen atoms in total. The summed E-state index contributed by atoms with van der Waals surface area (Å²) in [5.74, 6) is 1.39. The van der Waals surface area contributed by atoms with Gasteiger partial charge in [0, 0.05) is 96.4 Å². The Labute approximate surface area is 749 Å². The molecule has 6 heterocycles. The molecule has 0 saturated heterocycles. The summed E-state index contributed by atoms with van der Waals surface area (Å²) in [6.07, 6.45) is 0. The van der Waals surface area contributed by atoms with Crippen LogP contribution in [0, 0.1) is 0 Å². The number of nitrogens with zero attached hydrogens (tertiary/aromatic N) is 6. The van der Waals surface area contributed by atoms with Gasteiger partial charge in [0.15, 0.2) is 11.6 Å². The van der Waals surface area contributed by atoms with E-state index in [1.807, 2.05) is 66.0 Å². The van der Waals surface area contributed by atoms with E-state index < -0.39 is 10.8 Å². The summed E-state index contributed by atoms with van der Waals surface area (Å²) in [5, 5.41) is 7.09. The molecule has 4 aliphatic rings. The molecule has 0 atom stereocenters. The maximum atomic E-state index is 5.44. The largest absolute Gasteiger partial charge is 0.247 e. The fraction of sp³-hybridized carbons (Fsp3) is 0.0167. The molecule has 22 aromatic rings. The van der Waals surface area contributed by atoms with E-state index in [9.17, 15) is 0 Å². The van der Waals surface area contributed by atoms with Crippen molar-refractivity contribution >= 4 is 66.9 Å². The number of pyridine rings is 2. The minimum atomic E-state index is -0.456. The maximum absolute atomic E-state index is 5.44. The van der Waals surface area contributed by atoms with E-state index in [1.165, 1.54) is 114 Å². The molecule has 26 rings (SSSR count). The third kappa shape index (κ3) is 12.0. The summed E-state index contributed by atoms with van der Waals surface area (Å²) in [7, 11) is 0. The summed E-state index contributed by atoms with van der Waals surface area (Å²) in [6, 6.07) is 161. The summed E-state index contributed by atoms with van der Waals surface area (Å²) in [6.45, 7) is 0. The number of benzene rings is 18. The molecule has 0 radical (unpaired) electrons. The molecule has 0 amide bonds. The number of fused-ring (bicyclic) bond motifs is 26. The van der Waals surface area contributed by atoms with Crippen LogP contribution in [0.3, 0.4) is 0 Å². The lowest BCUT2D eigenvalue weighted by atomic mass is 9.67. The van der Waals surface area contributed by atoms with Crippen LogP contribution in [0.4, 0.5) is 0 Å². The smallest absolute Gasteiger partial charge is 0.160 e. The second-order valence-electron chi connectivity index (χ2n) is 33.3. The molecule has 0 unspecified atom stereocenters. The number of rotatable bonds is 10. The molecule has 0 fully saturated rings. The first-order chi connectivity index (χ1) is 63.4. The van der Waals surface area contributed by atoms with E-state index >= 15 is 0 Å². The Morgan fingerprint density at radius 2 is 0.461 bits per heavy atom. The zero-order valence-corrected chi connectivity index (χ0v) is 70.9. The third-order valence-corrected chi connectivity index (χ3v) is 28.7. The third-order valence-electron chi connectivity index (χ3n) is 26.3. The zero-order valence-electron chi connectivity index (χ0n) is 69.2. The molecule has 4 aromatic heterocycles. The van der Waals surface area contributed by atoms with E-state index in [0.717, 1.165) is 117 Å². The maximum Gasteiger partial charge on any atom is 0.160 e. The van der Waals surface area contributed by atoms with Gasteiger partial charge >= 0.3 is 0 Å². The van der Waals surface area contributed by atoms with Gasteiger partial charge in [-0.25, -0.2) is 29.9 Å². The van der Waals surface area contributed by atoms with Gasteiger partial charge in [-0.15, -0.1) is 0 Å². The quantitative estimate of drug-likeness (QED) is 0.125. The Bertz CT molecular complexity index is 8140. The highest BCUT2D eigenvalue weighted by atomic mass is 32.2. The highest BCUT2D eigenvalue weighted by Crippen LogP contribution is 2.66. The Balaban J connectivity index is 0.000000139. The SMILES string of the molecule is c1ccc(-c2ccc(-c3cc(-c4ccc(-c5nc6ccccc6c6c7c(ccc56)C5(c6ccccc6S7)c6ccccc6-c6ccccc65)cc4)nc(-c4ccccc4)n3)cc2)cc1.c1ccc(-c2cccc(-c3cc(-c4ccc(-c5nc6ccccc6c6c7c(ccc56)C5(c6ccccc6S7)c6ccccc6-c6ccccc65)cc4)nc(-c4ccccc4)n3)c2)cc1. The van der Waals surface area contributed by atoms with Gasteiger partial charge in [-0.3, -0.25) is 0 Å². The summed E-state index contributed by atoms with van der Waals surface area (Å²) >= 11 is 3.79. The number of aromatic nitrogens is 6. The molecule has 2 aliphatic heterocycles. The van der Waals surface area contributed by atoms with Crippen molar-refractivity contribution in [3.63, 3.8) is 0 Å². The molecule has 128 heavy (non-hydrogen) atoms. The molecule has 0 saturated carbocycles. The van der Waals surface area contributed by atoms with Gasteiger partial charge in [-0.1, -0.05) is 430 Å². The van der Waals surface area contributed by atoms with Gasteiger partial charge in [0.2, 0.25) is 0 Å². The average Bonchev–Trinajstić information content (AvgIpc) is 1.47. The molecule has 8 heteroatoms. The van der Waals surface area contributed by atoms with Crippen LogP contribution in [-0.4, -0.2) is 29.9 Å². The van der Waals surface area contributed by atoms with Crippen molar-refractivity contribution in [1.29, 1.82) is 0 Å². The van der Waals surface area contributed by atoms with E-state index in [4.69, 9.17) is 29.9 Å². The fourth-order valence-electron chi connectivity index (χ4n) is 20.6. The Kier molecular flexibility index (Phi) is 17.8. The second kappa shape index (κ2) is 30.5. The van der Waals surface area contributed by atoms with Crippen LogP contribution >= 0.6 is 23.5 Å². The van der Waals surface area contributed by atoms with Gasteiger partial charge in [-0.2, -0.15) is 0 Å². The second-order valence-corrected chi connectivity index (χ2v) is 35.4. The standard InChI is InChI=1S/2C60H37N3S/c1-3-16-38(17-4-1)42-20-15-21-43(36-42)54-37-53(62-59(63-54)41-18-5-2-6-19-41)39-30-32-40(33-31-39)57-47-34-35-51-58(56(47)46-24-9-13-28-52(46)61-57)64-55-29-14-12-27-50(55)60(51)48-25-10-7-22-44(48)45-23-8-11-26-49(45)60;1-3-15-38(16-4-1)39-27-29-40(30-28-39)53-37-54(63-59(62-53)43-17-5-2-6-18-43)41-31-33-42(34-32-41)57-47-35-36-51-58(56(47)46-21-9-13-25-52(46)61-57)64-55-26-14-12-24-50(55)60(51)48-22-10-7-19-44(48)45-20-8-11-23-49(45)60/h2*1-37H. The van der Waals surface area contributed by atoms with Crippen molar-refractivity contribution in [1.82, 2.24) is 29.9 Å². The predicted molar refractivity (Wildman–Crippen MR) is 527 cm³/mol. The van der Waals surface area contributed by atoms with E-state index in [-0.39, 0.29) is 0 Å². The summed E-state index contributed by atoms with van der Waals surface area (Å²) < 4.78 is 0. The van der Waals surface area contributed by atoms with Crippen LogP contribution in [0.5, 0.6) is 0 Å². The Morgan fingerprint density at radius 3 is 0.859 bits per heavy atom. The average molecular weight is 1660 g/mol. The minimum absolute atomic E-state index is 0.455. The molecular formula is C120H74N6S2. The van der Waals surface area contributed by atoms with Crippen LogP contribution in [0.25, 0.3) is 178 Å².